The molecule has 2 heterocycles. The van der Waals surface area contributed by atoms with Gasteiger partial charge < -0.3 is 0 Å². The Morgan fingerprint density at radius 2 is 1.57 bits per heavy atom. The zero-order valence-electron chi connectivity index (χ0n) is 16.6. The van der Waals surface area contributed by atoms with Gasteiger partial charge in [0.1, 0.15) is 11.9 Å². The lowest BCUT2D eigenvalue weighted by atomic mass is 9.74. The van der Waals surface area contributed by atoms with Gasteiger partial charge in [-0.05, 0) is 41.7 Å². The summed E-state index contributed by atoms with van der Waals surface area (Å²) in [6, 6.07) is 13.7. The molecule has 1 unspecified atom stereocenters. The summed E-state index contributed by atoms with van der Waals surface area (Å²) in [5, 5.41) is 0. The van der Waals surface area contributed by atoms with Gasteiger partial charge in [0.05, 0.1) is 11.4 Å². The van der Waals surface area contributed by atoms with Crippen molar-refractivity contribution in [2.24, 2.45) is 5.41 Å². The molecule has 1 atom stereocenters. The summed E-state index contributed by atoms with van der Waals surface area (Å²) in [6.07, 6.45) is 0.819. The summed E-state index contributed by atoms with van der Waals surface area (Å²) >= 11 is 0. The first-order valence-corrected chi connectivity index (χ1v) is 9.82. The van der Waals surface area contributed by atoms with Crippen LogP contribution in [-0.2, 0) is 4.79 Å². The van der Waals surface area contributed by atoms with Gasteiger partial charge in [-0.2, -0.15) is 0 Å². The summed E-state index contributed by atoms with van der Waals surface area (Å²) in [5.41, 5.74) is 0.703. The summed E-state index contributed by atoms with van der Waals surface area (Å²) in [7, 11) is 0. The molecule has 1 aliphatic carbocycles. The molecule has 30 heavy (non-hydrogen) atoms. The van der Waals surface area contributed by atoms with E-state index < -0.39 is 23.2 Å². The van der Waals surface area contributed by atoms with Gasteiger partial charge in [-0.25, -0.2) is 27.9 Å². The molecule has 5 rings (SSSR count). The van der Waals surface area contributed by atoms with Crippen LogP contribution in [0.1, 0.15) is 38.3 Å². The molecule has 1 aliphatic heterocycles. The Kier molecular flexibility index (Phi) is 3.87. The Morgan fingerprint density at radius 1 is 0.900 bits per heavy atom. The molecule has 1 aromatic heterocycles. The number of carbonyl (C=O) groups excluding carboxylic acids is 1. The number of ketones is 1. The van der Waals surface area contributed by atoms with E-state index >= 15 is 0 Å². The third-order valence-corrected chi connectivity index (χ3v) is 5.85. The smallest absolute Gasteiger partial charge is 0.294 e. The van der Waals surface area contributed by atoms with Crippen LogP contribution in [0.5, 0.6) is 0 Å². The molecule has 152 valence electrons. The van der Waals surface area contributed by atoms with Crippen LogP contribution in [0.4, 0.5) is 4.39 Å². The second-order valence-electron chi connectivity index (χ2n) is 8.65. The third-order valence-electron chi connectivity index (χ3n) is 5.85. The molecule has 0 spiro atoms. The first-order valence-electron chi connectivity index (χ1n) is 9.82. The van der Waals surface area contributed by atoms with Gasteiger partial charge in [-0.1, -0.05) is 44.2 Å². The maximum Gasteiger partial charge on any atom is 0.356 e. The summed E-state index contributed by atoms with van der Waals surface area (Å²) in [5.74, 6) is -0.495. The standard InChI is InChI=1S/C23H20FN3O3/c1-23(2)12-17-19(18(28)13-23)20(14-8-10-15(24)11-9-14)27-22(30)25(21(29)26(17)27)16-6-4-3-5-7-16/h3-11,20H,12-13H2,1-2H3. The fraction of sp³-hybridized carbons (Fsp3) is 0.261. The predicted octanol–water partition coefficient (Wildman–Crippen LogP) is 3.14. The van der Waals surface area contributed by atoms with E-state index in [0.29, 0.717) is 35.4 Å². The lowest BCUT2D eigenvalue weighted by molar-refractivity contribution is -0.118. The molecule has 2 aromatic carbocycles. The second-order valence-corrected chi connectivity index (χ2v) is 8.65. The number of aromatic nitrogens is 3. The van der Waals surface area contributed by atoms with E-state index in [0.717, 1.165) is 4.57 Å². The number of hydrogen-bond donors (Lipinski definition) is 0. The van der Waals surface area contributed by atoms with Gasteiger partial charge >= 0.3 is 11.4 Å². The highest BCUT2D eigenvalue weighted by Gasteiger charge is 2.45. The number of benzene rings is 2. The van der Waals surface area contributed by atoms with E-state index in [9.17, 15) is 18.8 Å². The van der Waals surface area contributed by atoms with E-state index in [1.54, 1.807) is 42.5 Å². The van der Waals surface area contributed by atoms with Crippen molar-refractivity contribution in [3.05, 3.63) is 92.5 Å². The molecule has 0 saturated carbocycles. The molecule has 7 heteroatoms. The fourth-order valence-electron chi connectivity index (χ4n) is 4.60. The molecular formula is C23H20FN3O3. The van der Waals surface area contributed by atoms with Crippen molar-refractivity contribution < 1.29 is 9.18 Å². The van der Waals surface area contributed by atoms with Crippen LogP contribution in [0, 0.1) is 11.2 Å². The van der Waals surface area contributed by atoms with Gasteiger partial charge in [-0.3, -0.25) is 4.79 Å². The quantitative estimate of drug-likeness (QED) is 0.658. The maximum absolute atomic E-state index is 13.5. The zero-order chi connectivity index (χ0) is 21.2. The summed E-state index contributed by atoms with van der Waals surface area (Å²) in [6.45, 7) is 3.95. The highest BCUT2D eigenvalue weighted by molar-refractivity contribution is 6.04. The highest BCUT2D eigenvalue weighted by Crippen LogP contribution is 2.46. The summed E-state index contributed by atoms with van der Waals surface area (Å²) < 4.78 is 17.3. The number of halogens is 1. The Balaban J connectivity index is 1.83. The molecular weight excluding hydrogens is 385 g/mol. The number of hydrogen-bond acceptors (Lipinski definition) is 3. The average molecular weight is 405 g/mol. The van der Waals surface area contributed by atoms with E-state index in [2.05, 4.69) is 0 Å². The van der Waals surface area contributed by atoms with E-state index in [-0.39, 0.29) is 11.2 Å². The maximum atomic E-state index is 13.5. The monoisotopic (exact) mass is 405 g/mol. The van der Waals surface area contributed by atoms with E-state index in [1.807, 2.05) is 13.8 Å². The Bertz CT molecular complexity index is 1320. The molecule has 3 aromatic rings. The predicted molar refractivity (Wildman–Crippen MR) is 110 cm³/mol. The van der Waals surface area contributed by atoms with Crippen molar-refractivity contribution >= 4 is 11.5 Å². The van der Waals surface area contributed by atoms with Gasteiger partial charge in [0.2, 0.25) is 0 Å². The average Bonchev–Trinajstić information content (AvgIpc) is 3.16. The number of para-hydroxylation sites is 1. The van der Waals surface area contributed by atoms with Crippen LogP contribution in [0.15, 0.2) is 69.8 Å². The van der Waals surface area contributed by atoms with Gasteiger partial charge in [0.15, 0.2) is 5.78 Å². The molecule has 0 saturated heterocycles. The lowest BCUT2D eigenvalue weighted by Crippen LogP contribution is -2.33. The minimum Gasteiger partial charge on any atom is -0.294 e. The van der Waals surface area contributed by atoms with Crippen molar-refractivity contribution in [2.45, 2.75) is 32.7 Å². The van der Waals surface area contributed by atoms with Crippen molar-refractivity contribution in [1.29, 1.82) is 0 Å². The van der Waals surface area contributed by atoms with Crippen molar-refractivity contribution in [2.75, 3.05) is 0 Å². The molecule has 0 bridgehead atoms. The Labute approximate surface area is 171 Å². The number of fused-ring (bicyclic) bond motifs is 2. The number of rotatable bonds is 2. The SMILES string of the molecule is CC1(C)CC(=O)C2=C(C1)n1c(=O)n(-c3ccccc3)c(=O)n1C2c1ccc(F)cc1. The van der Waals surface area contributed by atoms with Gasteiger partial charge in [0, 0.05) is 12.0 Å². The Morgan fingerprint density at radius 3 is 2.23 bits per heavy atom. The van der Waals surface area contributed by atoms with Crippen LogP contribution < -0.4 is 11.4 Å². The molecule has 2 aliphatic rings. The van der Waals surface area contributed by atoms with Crippen LogP contribution in [-0.4, -0.2) is 19.7 Å². The highest BCUT2D eigenvalue weighted by atomic mass is 19.1. The zero-order valence-corrected chi connectivity index (χ0v) is 16.6. The topological polar surface area (TPSA) is 66.0 Å². The first-order chi connectivity index (χ1) is 14.3. The van der Waals surface area contributed by atoms with Crippen LogP contribution in [0.3, 0.4) is 0 Å². The molecule has 0 amide bonds. The molecule has 0 fully saturated rings. The molecule has 0 radical (unpaired) electrons. The van der Waals surface area contributed by atoms with Crippen LogP contribution in [0.2, 0.25) is 0 Å². The number of Topliss-reactive ketones (excluding diaryl/α,β-unsaturated/α-hetero) is 1. The fourth-order valence-corrected chi connectivity index (χ4v) is 4.60. The van der Waals surface area contributed by atoms with Crippen molar-refractivity contribution in [3.8, 4) is 5.69 Å². The largest absolute Gasteiger partial charge is 0.356 e. The first kappa shape index (κ1) is 18.5. The molecule has 0 N–H and O–H groups in total. The van der Waals surface area contributed by atoms with Gasteiger partial charge in [0.25, 0.3) is 0 Å². The van der Waals surface area contributed by atoms with E-state index in [1.165, 1.54) is 21.5 Å². The van der Waals surface area contributed by atoms with Crippen LogP contribution in [0.25, 0.3) is 11.4 Å². The normalized spacial score (nSPS) is 19.7. The minimum absolute atomic E-state index is 0.0863. The minimum atomic E-state index is -0.755. The number of carbonyl (C=O) groups is 1. The van der Waals surface area contributed by atoms with Gasteiger partial charge in [-0.15, -0.1) is 0 Å². The molecule has 6 nitrogen and oxygen atoms in total. The van der Waals surface area contributed by atoms with Crippen molar-refractivity contribution in [1.82, 2.24) is 13.9 Å². The van der Waals surface area contributed by atoms with Crippen molar-refractivity contribution in [3.63, 3.8) is 0 Å². The lowest BCUT2D eigenvalue weighted by Gasteiger charge is -2.30. The third kappa shape index (κ3) is 2.58. The van der Waals surface area contributed by atoms with E-state index in [4.69, 9.17) is 0 Å². The second kappa shape index (κ2) is 6.26. The Hall–Kier alpha value is -3.48. The number of nitrogens with zero attached hydrogens (tertiary/aromatic N) is 3. The summed E-state index contributed by atoms with van der Waals surface area (Å²) in [4.78, 5) is 39.9. The number of allylic oxidation sites excluding steroid dienone is 2. The van der Waals surface area contributed by atoms with Crippen LogP contribution >= 0.6 is 0 Å².